The van der Waals surface area contributed by atoms with Crippen molar-refractivity contribution in [3.8, 4) is 0 Å². The first-order valence-electron chi connectivity index (χ1n) is 7.54. The second-order valence-corrected chi connectivity index (χ2v) is 5.78. The van der Waals surface area contributed by atoms with Crippen LogP contribution < -0.4 is 11.1 Å². The third kappa shape index (κ3) is 9.82. The van der Waals surface area contributed by atoms with E-state index in [2.05, 4.69) is 16.9 Å². The molecule has 5 nitrogen and oxygen atoms in total. The summed E-state index contributed by atoms with van der Waals surface area (Å²) >= 11 is 0. The first-order chi connectivity index (χ1) is 9.79. The normalized spacial score (nSPS) is 12.0. The zero-order chi connectivity index (χ0) is 16.3. The highest BCUT2D eigenvalue weighted by Crippen LogP contribution is 2.12. The molecule has 0 saturated heterocycles. The van der Waals surface area contributed by atoms with E-state index in [0.717, 1.165) is 38.6 Å². The molecule has 3 N–H and O–H groups in total. The van der Waals surface area contributed by atoms with E-state index in [1.807, 2.05) is 0 Å². The number of amides is 1. The van der Waals surface area contributed by atoms with E-state index in [-0.39, 0.29) is 11.7 Å². The van der Waals surface area contributed by atoms with Gasteiger partial charge in [0.1, 0.15) is 0 Å². The first kappa shape index (κ1) is 19.4. The molecule has 1 amide bonds. The lowest BCUT2D eigenvalue weighted by Crippen LogP contribution is -2.49. The summed E-state index contributed by atoms with van der Waals surface area (Å²) in [5.41, 5.74) is 4.63. The summed E-state index contributed by atoms with van der Waals surface area (Å²) in [4.78, 5) is 27.4. The zero-order valence-electron chi connectivity index (χ0n) is 13.6. The molecule has 0 rings (SSSR count). The van der Waals surface area contributed by atoms with Gasteiger partial charge in [-0.1, -0.05) is 25.8 Å². The van der Waals surface area contributed by atoms with Gasteiger partial charge >= 0.3 is 0 Å². The molecule has 0 fully saturated rings. The first-order valence-corrected chi connectivity index (χ1v) is 7.54. The molecule has 0 aromatic heterocycles. The molecule has 5 heteroatoms. The number of nitrogens with two attached hydrogens (primary N) is 1. The van der Waals surface area contributed by atoms with Crippen molar-refractivity contribution in [2.75, 3.05) is 6.54 Å². The molecule has 0 saturated carbocycles. The van der Waals surface area contributed by atoms with Crippen molar-refractivity contribution in [2.45, 2.75) is 64.8 Å². The summed E-state index contributed by atoms with van der Waals surface area (Å²) in [6.07, 6.45) is 6.76. The predicted molar refractivity (Wildman–Crippen MR) is 87.3 cm³/mol. The molecule has 0 atom stereocenters. The standard InChI is InChI=1S/C16H29N3O2/c1-5-15(21)19-16(3,4)14(20)11-9-7-6-8-10-12-18-13(2)17/h5H,1,6-12H2,2-4H3,(H2,17,18)(H,19,21). The number of ketones is 1. The van der Waals surface area contributed by atoms with Crippen molar-refractivity contribution >= 4 is 17.5 Å². The predicted octanol–water partition coefficient (Wildman–Crippen LogP) is 2.35. The van der Waals surface area contributed by atoms with Crippen molar-refractivity contribution in [3.63, 3.8) is 0 Å². The van der Waals surface area contributed by atoms with Crippen LogP contribution in [0.3, 0.4) is 0 Å². The average Bonchev–Trinajstić information content (AvgIpc) is 2.40. The molecular formula is C16H29N3O2. The minimum atomic E-state index is -0.821. The van der Waals surface area contributed by atoms with Gasteiger partial charge in [-0.15, -0.1) is 0 Å². The minimum Gasteiger partial charge on any atom is -0.388 e. The van der Waals surface area contributed by atoms with Gasteiger partial charge in [-0.3, -0.25) is 14.6 Å². The minimum absolute atomic E-state index is 0.0565. The molecule has 0 aromatic rings. The molecule has 0 aliphatic heterocycles. The van der Waals surface area contributed by atoms with Gasteiger partial charge in [-0.05, 0) is 39.7 Å². The van der Waals surface area contributed by atoms with Crippen LogP contribution in [-0.2, 0) is 9.59 Å². The highest BCUT2D eigenvalue weighted by molar-refractivity contribution is 5.95. The summed E-state index contributed by atoms with van der Waals surface area (Å²) in [5, 5.41) is 2.65. The lowest BCUT2D eigenvalue weighted by Gasteiger charge is -2.24. The fraction of sp³-hybridized carbons (Fsp3) is 0.688. The third-order valence-corrected chi connectivity index (χ3v) is 3.24. The van der Waals surface area contributed by atoms with Gasteiger partial charge in [0.2, 0.25) is 5.91 Å². The average molecular weight is 295 g/mol. The largest absolute Gasteiger partial charge is 0.388 e. The molecule has 120 valence electrons. The Morgan fingerprint density at radius 2 is 1.76 bits per heavy atom. The monoisotopic (exact) mass is 295 g/mol. The van der Waals surface area contributed by atoms with Crippen LogP contribution in [0.1, 0.15) is 59.3 Å². The topological polar surface area (TPSA) is 84.5 Å². The van der Waals surface area contributed by atoms with Crippen LogP contribution in [-0.4, -0.2) is 29.6 Å². The summed E-state index contributed by atoms with van der Waals surface area (Å²) < 4.78 is 0. The molecule has 0 heterocycles. The maximum absolute atomic E-state index is 12.0. The van der Waals surface area contributed by atoms with E-state index in [1.165, 1.54) is 6.08 Å². The Kier molecular flexibility index (Phi) is 9.34. The SMILES string of the molecule is C=CC(=O)NC(C)(C)C(=O)CCCCCCCN=C(C)N. The summed E-state index contributed by atoms with van der Waals surface area (Å²) in [7, 11) is 0. The van der Waals surface area contributed by atoms with Gasteiger partial charge in [0.05, 0.1) is 11.4 Å². The number of amidine groups is 1. The summed E-state index contributed by atoms with van der Waals surface area (Å²) in [5.74, 6) is 0.370. The van der Waals surface area contributed by atoms with E-state index >= 15 is 0 Å². The Morgan fingerprint density at radius 1 is 1.19 bits per heavy atom. The highest BCUT2D eigenvalue weighted by Gasteiger charge is 2.27. The smallest absolute Gasteiger partial charge is 0.244 e. The molecule has 0 unspecified atom stereocenters. The number of carbonyl (C=O) groups excluding carboxylic acids is 2. The zero-order valence-corrected chi connectivity index (χ0v) is 13.6. The van der Waals surface area contributed by atoms with Gasteiger partial charge in [0.15, 0.2) is 5.78 Å². The summed E-state index contributed by atoms with van der Waals surface area (Å²) in [6, 6.07) is 0. The number of Topliss-reactive ketones (excluding diaryl/α,β-unsaturated/α-hetero) is 1. The summed E-state index contributed by atoms with van der Waals surface area (Å²) in [6.45, 7) is 9.41. The molecule has 0 aliphatic carbocycles. The number of nitrogens with zero attached hydrogens (tertiary/aromatic N) is 1. The molecule has 0 bridgehead atoms. The molecule has 0 spiro atoms. The lowest BCUT2D eigenvalue weighted by atomic mass is 9.94. The molecule has 0 radical (unpaired) electrons. The quantitative estimate of drug-likeness (QED) is 0.265. The van der Waals surface area contributed by atoms with Crippen LogP contribution >= 0.6 is 0 Å². The Morgan fingerprint density at radius 3 is 2.33 bits per heavy atom. The van der Waals surface area contributed by atoms with Crippen molar-refractivity contribution in [2.24, 2.45) is 10.7 Å². The van der Waals surface area contributed by atoms with Crippen molar-refractivity contribution in [3.05, 3.63) is 12.7 Å². The number of unbranched alkanes of at least 4 members (excludes halogenated alkanes) is 4. The molecule has 0 aromatic carbocycles. The van der Waals surface area contributed by atoms with Crippen LogP contribution in [0.4, 0.5) is 0 Å². The molecular weight excluding hydrogens is 266 g/mol. The number of aliphatic imine (C=N–C) groups is 1. The van der Waals surface area contributed by atoms with Gasteiger partial charge < -0.3 is 11.1 Å². The Balaban J connectivity index is 3.77. The van der Waals surface area contributed by atoms with E-state index in [1.54, 1.807) is 20.8 Å². The van der Waals surface area contributed by atoms with Crippen molar-refractivity contribution in [1.29, 1.82) is 0 Å². The fourth-order valence-corrected chi connectivity index (χ4v) is 1.92. The Bertz CT molecular complexity index is 383. The molecule has 0 aliphatic rings. The van der Waals surface area contributed by atoms with E-state index in [9.17, 15) is 9.59 Å². The second-order valence-electron chi connectivity index (χ2n) is 5.78. The van der Waals surface area contributed by atoms with Crippen LogP contribution in [0.5, 0.6) is 0 Å². The Labute approximate surface area is 128 Å². The number of carbonyl (C=O) groups is 2. The van der Waals surface area contributed by atoms with Crippen molar-refractivity contribution < 1.29 is 9.59 Å². The van der Waals surface area contributed by atoms with E-state index in [0.29, 0.717) is 12.3 Å². The van der Waals surface area contributed by atoms with Gasteiger partial charge in [-0.25, -0.2) is 0 Å². The maximum Gasteiger partial charge on any atom is 0.244 e. The fourth-order valence-electron chi connectivity index (χ4n) is 1.92. The number of nitrogens with one attached hydrogen (secondary N) is 1. The van der Waals surface area contributed by atoms with E-state index < -0.39 is 5.54 Å². The van der Waals surface area contributed by atoms with Crippen LogP contribution in [0, 0.1) is 0 Å². The number of hydrogen-bond acceptors (Lipinski definition) is 3. The number of rotatable bonds is 11. The van der Waals surface area contributed by atoms with Gasteiger partial charge in [0.25, 0.3) is 0 Å². The van der Waals surface area contributed by atoms with Gasteiger partial charge in [0, 0.05) is 13.0 Å². The van der Waals surface area contributed by atoms with Crippen LogP contribution in [0.25, 0.3) is 0 Å². The van der Waals surface area contributed by atoms with Crippen LogP contribution in [0.2, 0.25) is 0 Å². The van der Waals surface area contributed by atoms with Crippen LogP contribution in [0.15, 0.2) is 17.6 Å². The Hall–Kier alpha value is -1.65. The maximum atomic E-state index is 12.0. The second kappa shape index (κ2) is 10.1. The van der Waals surface area contributed by atoms with Crippen molar-refractivity contribution in [1.82, 2.24) is 5.32 Å². The number of hydrogen-bond donors (Lipinski definition) is 2. The molecule has 21 heavy (non-hydrogen) atoms. The third-order valence-electron chi connectivity index (χ3n) is 3.24. The van der Waals surface area contributed by atoms with Gasteiger partial charge in [-0.2, -0.15) is 0 Å². The lowest BCUT2D eigenvalue weighted by molar-refractivity contribution is -0.129. The highest BCUT2D eigenvalue weighted by atomic mass is 16.2. The van der Waals surface area contributed by atoms with E-state index in [4.69, 9.17) is 5.73 Å².